The number of hydrogen-bond donors (Lipinski definition) is 1. The van der Waals surface area contributed by atoms with E-state index in [2.05, 4.69) is 24.0 Å². The lowest BCUT2D eigenvalue weighted by molar-refractivity contribution is 0.0715. The average Bonchev–Trinajstić information content (AvgIpc) is 3.28. The summed E-state index contributed by atoms with van der Waals surface area (Å²) in [6.45, 7) is 6.46. The van der Waals surface area contributed by atoms with Gasteiger partial charge in [-0.1, -0.05) is 26.0 Å². The molecule has 1 aliphatic rings. The highest BCUT2D eigenvalue weighted by Gasteiger charge is 2.42. The lowest BCUT2D eigenvalue weighted by atomic mass is 9.95. The highest BCUT2D eigenvalue weighted by molar-refractivity contribution is 5.98. The lowest BCUT2D eigenvalue weighted by Crippen LogP contribution is -2.29. The molecule has 1 amide bonds. The Labute approximate surface area is 157 Å². The van der Waals surface area contributed by atoms with Gasteiger partial charge >= 0.3 is 0 Å². The number of nitrogens with zero attached hydrogens (tertiary/aromatic N) is 2. The number of aromatic nitrogens is 2. The predicted octanol–water partition coefficient (Wildman–Crippen LogP) is 4.39. The molecule has 0 saturated carbocycles. The smallest absolute Gasteiger partial charge is 0.273 e. The number of aromatic amines is 1. The Morgan fingerprint density at radius 2 is 1.96 bits per heavy atom. The third kappa shape index (κ3) is 3.16. The van der Waals surface area contributed by atoms with E-state index in [9.17, 15) is 9.18 Å². The molecule has 2 aromatic heterocycles. The number of rotatable bonds is 5. The van der Waals surface area contributed by atoms with Crippen molar-refractivity contribution in [1.29, 1.82) is 0 Å². The number of amides is 1. The fraction of sp³-hybridized carbons (Fsp3) is 0.333. The Morgan fingerprint density at radius 1 is 1.22 bits per heavy atom. The maximum atomic E-state index is 13.5. The summed E-state index contributed by atoms with van der Waals surface area (Å²) in [5, 5.41) is 7.32. The van der Waals surface area contributed by atoms with Crippen LogP contribution in [0, 0.1) is 18.7 Å². The number of halogens is 1. The highest BCUT2D eigenvalue weighted by Crippen LogP contribution is 2.41. The number of hydrogen-bond acceptors (Lipinski definition) is 3. The summed E-state index contributed by atoms with van der Waals surface area (Å²) in [6.07, 6.45) is 0.768. The minimum Gasteiger partial charge on any atom is -0.464 e. The Morgan fingerprint density at radius 3 is 2.59 bits per heavy atom. The first-order valence-electron chi connectivity index (χ1n) is 9.13. The van der Waals surface area contributed by atoms with E-state index in [1.54, 1.807) is 17.0 Å². The van der Waals surface area contributed by atoms with Gasteiger partial charge in [0.15, 0.2) is 0 Å². The number of benzene rings is 1. The molecule has 4 rings (SSSR count). The molecule has 1 atom stereocenters. The predicted molar refractivity (Wildman–Crippen MR) is 98.7 cm³/mol. The van der Waals surface area contributed by atoms with E-state index >= 15 is 0 Å². The number of carbonyl (C=O) groups excluding carboxylic acids is 1. The third-order valence-electron chi connectivity index (χ3n) is 4.85. The maximum Gasteiger partial charge on any atom is 0.273 e. The van der Waals surface area contributed by atoms with Crippen LogP contribution in [0.5, 0.6) is 0 Å². The van der Waals surface area contributed by atoms with Gasteiger partial charge in [0, 0.05) is 5.56 Å². The summed E-state index contributed by atoms with van der Waals surface area (Å²) in [5.74, 6) is 1.51. The molecule has 1 aromatic carbocycles. The molecule has 1 unspecified atom stereocenters. The molecule has 3 heterocycles. The van der Waals surface area contributed by atoms with Crippen LogP contribution in [-0.4, -0.2) is 21.0 Å². The van der Waals surface area contributed by atoms with Crippen molar-refractivity contribution in [3.05, 3.63) is 76.3 Å². The summed E-state index contributed by atoms with van der Waals surface area (Å²) in [6, 6.07) is 9.76. The minimum atomic E-state index is -0.314. The lowest BCUT2D eigenvalue weighted by Gasteiger charge is -2.25. The molecule has 0 spiro atoms. The number of carbonyl (C=O) groups is 1. The van der Waals surface area contributed by atoms with Crippen LogP contribution < -0.4 is 0 Å². The van der Waals surface area contributed by atoms with E-state index < -0.39 is 0 Å². The zero-order valence-electron chi connectivity index (χ0n) is 15.6. The van der Waals surface area contributed by atoms with Gasteiger partial charge in [0.2, 0.25) is 0 Å². The number of fused-ring (bicyclic) bond motifs is 1. The van der Waals surface area contributed by atoms with Crippen molar-refractivity contribution in [2.75, 3.05) is 0 Å². The zero-order chi connectivity index (χ0) is 19.1. The van der Waals surface area contributed by atoms with Gasteiger partial charge in [-0.3, -0.25) is 9.89 Å². The second kappa shape index (κ2) is 6.68. The van der Waals surface area contributed by atoms with Gasteiger partial charge in [-0.2, -0.15) is 5.10 Å². The fourth-order valence-electron chi connectivity index (χ4n) is 3.70. The molecule has 3 aromatic rings. The second-order valence-corrected chi connectivity index (χ2v) is 7.46. The second-order valence-electron chi connectivity index (χ2n) is 7.46. The van der Waals surface area contributed by atoms with Gasteiger partial charge in [0.05, 0.1) is 18.3 Å². The highest BCUT2D eigenvalue weighted by atomic mass is 19.1. The molecule has 6 heteroatoms. The van der Waals surface area contributed by atoms with Crippen LogP contribution in [0.3, 0.4) is 0 Å². The summed E-state index contributed by atoms with van der Waals surface area (Å²) >= 11 is 0. The number of furan rings is 1. The number of aryl methyl sites for hydroxylation is 1. The van der Waals surface area contributed by atoms with Crippen LogP contribution in [0.1, 0.15) is 58.7 Å². The molecule has 1 N–H and O–H groups in total. The number of nitrogens with one attached hydrogen (secondary N) is 1. The van der Waals surface area contributed by atoms with E-state index in [1.807, 2.05) is 19.1 Å². The molecule has 0 fully saturated rings. The molecule has 140 valence electrons. The first kappa shape index (κ1) is 17.5. The molecule has 0 aliphatic carbocycles. The molecular formula is C21H22FN3O2. The van der Waals surface area contributed by atoms with Crippen molar-refractivity contribution in [1.82, 2.24) is 15.1 Å². The SMILES string of the molecule is Cc1ccc(CN2C(=O)c3[nH]nc(CC(C)C)c3C2c2ccc(F)cc2)o1. The van der Waals surface area contributed by atoms with Crippen LogP contribution >= 0.6 is 0 Å². The molecule has 1 aliphatic heterocycles. The van der Waals surface area contributed by atoms with Crippen molar-refractivity contribution in [2.24, 2.45) is 5.92 Å². The largest absolute Gasteiger partial charge is 0.464 e. The summed E-state index contributed by atoms with van der Waals surface area (Å²) in [4.78, 5) is 14.9. The van der Waals surface area contributed by atoms with E-state index in [-0.39, 0.29) is 17.8 Å². The van der Waals surface area contributed by atoms with Crippen molar-refractivity contribution in [3.63, 3.8) is 0 Å². The van der Waals surface area contributed by atoms with Crippen LogP contribution in [0.4, 0.5) is 4.39 Å². The average molecular weight is 367 g/mol. The monoisotopic (exact) mass is 367 g/mol. The summed E-state index contributed by atoms with van der Waals surface area (Å²) in [7, 11) is 0. The van der Waals surface area contributed by atoms with Crippen molar-refractivity contribution in [3.8, 4) is 0 Å². The summed E-state index contributed by atoms with van der Waals surface area (Å²) in [5.41, 5.74) is 3.16. The van der Waals surface area contributed by atoms with Gasteiger partial charge in [-0.15, -0.1) is 0 Å². The normalized spacial score (nSPS) is 16.4. The van der Waals surface area contributed by atoms with E-state index in [0.717, 1.165) is 34.8 Å². The van der Waals surface area contributed by atoms with Crippen LogP contribution in [0.25, 0.3) is 0 Å². The zero-order valence-corrected chi connectivity index (χ0v) is 15.6. The Bertz CT molecular complexity index is 972. The Hall–Kier alpha value is -2.89. The molecule has 27 heavy (non-hydrogen) atoms. The van der Waals surface area contributed by atoms with Gasteiger partial charge in [0.1, 0.15) is 23.0 Å². The molecule has 5 nitrogen and oxygen atoms in total. The van der Waals surface area contributed by atoms with E-state index in [0.29, 0.717) is 18.2 Å². The van der Waals surface area contributed by atoms with Crippen molar-refractivity contribution >= 4 is 5.91 Å². The van der Waals surface area contributed by atoms with Crippen LogP contribution in [0.15, 0.2) is 40.8 Å². The van der Waals surface area contributed by atoms with Gasteiger partial charge in [-0.25, -0.2) is 4.39 Å². The topological polar surface area (TPSA) is 62.1 Å². The fourth-order valence-corrected chi connectivity index (χ4v) is 3.70. The van der Waals surface area contributed by atoms with Crippen LogP contribution in [0.2, 0.25) is 0 Å². The molecule has 0 bridgehead atoms. The van der Waals surface area contributed by atoms with E-state index in [1.165, 1.54) is 12.1 Å². The van der Waals surface area contributed by atoms with Gasteiger partial charge < -0.3 is 9.32 Å². The Balaban J connectivity index is 1.79. The van der Waals surface area contributed by atoms with E-state index in [4.69, 9.17) is 4.42 Å². The third-order valence-corrected chi connectivity index (χ3v) is 4.85. The number of H-pyrrole nitrogens is 1. The Kier molecular flexibility index (Phi) is 4.34. The van der Waals surface area contributed by atoms with Crippen molar-refractivity contribution < 1.29 is 13.6 Å². The molecular weight excluding hydrogens is 345 g/mol. The molecule has 0 radical (unpaired) electrons. The minimum absolute atomic E-state index is 0.115. The first-order chi connectivity index (χ1) is 12.9. The van der Waals surface area contributed by atoms with Gasteiger partial charge in [0.25, 0.3) is 5.91 Å². The van der Waals surface area contributed by atoms with Gasteiger partial charge in [-0.05, 0) is 49.1 Å². The van der Waals surface area contributed by atoms with Crippen molar-refractivity contribution in [2.45, 2.75) is 39.8 Å². The van der Waals surface area contributed by atoms with Crippen LogP contribution in [-0.2, 0) is 13.0 Å². The molecule has 0 saturated heterocycles. The first-order valence-corrected chi connectivity index (χ1v) is 9.13. The quantitative estimate of drug-likeness (QED) is 0.727. The maximum absolute atomic E-state index is 13.5. The standard InChI is InChI=1S/C21H22FN3O2/c1-12(2)10-17-18-19(24-23-17)21(26)25(11-16-9-4-13(3)27-16)20(18)14-5-7-15(22)8-6-14/h4-9,12,20H,10-11H2,1-3H3,(H,23,24). The summed E-state index contributed by atoms with van der Waals surface area (Å²) < 4.78 is 19.2.